The number of nitrogens with zero attached hydrogens (tertiary/aromatic N) is 1. The lowest BCUT2D eigenvalue weighted by Crippen LogP contribution is -2.62. The highest BCUT2D eigenvalue weighted by Gasteiger charge is 2.54. The molecule has 0 aromatic carbocycles. The molecule has 168 valence electrons. The van der Waals surface area contributed by atoms with Gasteiger partial charge >= 0.3 is 5.97 Å². The Morgan fingerprint density at radius 3 is 2.28 bits per heavy atom. The summed E-state index contributed by atoms with van der Waals surface area (Å²) < 4.78 is 0. The molecule has 1 heterocycles. The molecule has 1 saturated heterocycles. The largest absolute Gasteiger partial charge is 0.481 e. The second kappa shape index (κ2) is 10.4. The smallest absolute Gasteiger partial charge is 0.305 e. The Bertz CT molecular complexity index is 587. The minimum absolute atomic E-state index is 0.0475. The molecule has 0 bridgehead atoms. The molecule has 0 saturated carbocycles. The van der Waals surface area contributed by atoms with Crippen molar-refractivity contribution in [1.82, 2.24) is 15.5 Å². The molecule has 2 amide bonds. The summed E-state index contributed by atoms with van der Waals surface area (Å²) >= 11 is 0. The zero-order valence-electron chi connectivity index (χ0n) is 19.3. The Morgan fingerprint density at radius 2 is 1.83 bits per heavy atom. The van der Waals surface area contributed by atoms with Gasteiger partial charge in [0.1, 0.15) is 6.04 Å². The maximum absolute atomic E-state index is 13.7. The number of carbonyl (C=O) groups is 3. The number of rotatable bonds is 10. The normalized spacial score (nSPS) is 22.8. The van der Waals surface area contributed by atoms with Gasteiger partial charge in [0.2, 0.25) is 11.8 Å². The van der Waals surface area contributed by atoms with Gasteiger partial charge in [0.25, 0.3) is 0 Å². The molecule has 1 aliphatic rings. The number of amides is 2. The molecule has 4 atom stereocenters. The lowest BCUT2D eigenvalue weighted by atomic mass is 9.69. The molecule has 1 rings (SSSR count). The number of hydrogen-bond acceptors (Lipinski definition) is 4. The van der Waals surface area contributed by atoms with Crippen LogP contribution in [0.4, 0.5) is 0 Å². The van der Waals surface area contributed by atoms with E-state index in [4.69, 9.17) is 0 Å². The van der Waals surface area contributed by atoms with Crippen molar-refractivity contribution in [3.8, 4) is 0 Å². The van der Waals surface area contributed by atoms with E-state index in [1.807, 2.05) is 41.5 Å². The summed E-state index contributed by atoms with van der Waals surface area (Å²) in [5.74, 6) is -1.28. The first kappa shape index (κ1) is 25.4. The van der Waals surface area contributed by atoms with Crippen LogP contribution >= 0.6 is 0 Å². The highest BCUT2D eigenvalue weighted by atomic mass is 16.4. The Kier molecular flexibility index (Phi) is 9.12. The van der Waals surface area contributed by atoms with Gasteiger partial charge < -0.3 is 20.6 Å². The van der Waals surface area contributed by atoms with Crippen LogP contribution in [-0.4, -0.2) is 59.0 Å². The molecule has 0 unspecified atom stereocenters. The van der Waals surface area contributed by atoms with E-state index in [0.29, 0.717) is 19.4 Å². The summed E-state index contributed by atoms with van der Waals surface area (Å²) in [7, 11) is 1.75. The molecule has 7 nitrogen and oxygen atoms in total. The topological polar surface area (TPSA) is 98.7 Å². The van der Waals surface area contributed by atoms with Gasteiger partial charge in [-0.15, -0.1) is 0 Å². The molecule has 0 aromatic heterocycles. The maximum atomic E-state index is 13.7. The number of carboxylic acid groups (broad SMARTS) is 1. The molecular formula is C22H41N3O4. The number of aliphatic carboxylic acids is 1. The number of likely N-dealkylation sites (N-methyl/N-ethyl adjacent to an activating group) is 1. The molecule has 7 heteroatoms. The second-order valence-electron chi connectivity index (χ2n) is 9.45. The summed E-state index contributed by atoms with van der Waals surface area (Å²) in [6.45, 7) is 12.5. The Hall–Kier alpha value is -1.63. The van der Waals surface area contributed by atoms with Gasteiger partial charge in [-0.25, -0.2) is 0 Å². The van der Waals surface area contributed by atoms with Crippen LogP contribution in [0.15, 0.2) is 0 Å². The standard InChI is InChI=1S/C22H41N3O4/c1-8-11-16(23-7)19(28)24-18(15(3)9-2)20(29)25-13-10-12-22(25,14-17(26)27)21(4,5)6/h15-16,18,23H,8-14H2,1-7H3,(H,24,28)(H,26,27)/t15-,16-,18-,22-/m0/s1. The summed E-state index contributed by atoms with van der Waals surface area (Å²) in [6, 6.07) is -1.00. The molecule has 0 radical (unpaired) electrons. The van der Waals surface area contributed by atoms with Gasteiger partial charge in [-0.3, -0.25) is 14.4 Å². The number of nitrogens with one attached hydrogen (secondary N) is 2. The monoisotopic (exact) mass is 411 g/mol. The van der Waals surface area contributed by atoms with Crippen LogP contribution in [0.5, 0.6) is 0 Å². The number of hydrogen-bond donors (Lipinski definition) is 3. The minimum atomic E-state index is -0.901. The molecule has 0 spiro atoms. The van der Waals surface area contributed by atoms with Crippen LogP contribution in [0.3, 0.4) is 0 Å². The lowest BCUT2D eigenvalue weighted by Gasteiger charge is -2.49. The molecule has 1 fully saturated rings. The van der Waals surface area contributed by atoms with E-state index in [1.165, 1.54) is 0 Å². The number of carboxylic acids is 1. The zero-order chi connectivity index (χ0) is 22.4. The van der Waals surface area contributed by atoms with Gasteiger partial charge in [-0.05, 0) is 37.6 Å². The van der Waals surface area contributed by atoms with Crippen molar-refractivity contribution in [3.63, 3.8) is 0 Å². The van der Waals surface area contributed by atoms with E-state index in [9.17, 15) is 19.5 Å². The first-order chi connectivity index (χ1) is 13.4. The lowest BCUT2D eigenvalue weighted by molar-refractivity contribution is -0.152. The molecule has 0 aliphatic carbocycles. The van der Waals surface area contributed by atoms with Gasteiger partial charge in [0.15, 0.2) is 0 Å². The predicted octanol–water partition coefficient (Wildman–Crippen LogP) is 2.79. The van der Waals surface area contributed by atoms with E-state index >= 15 is 0 Å². The summed E-state index contributed by atoms with van der Waals surface area (Å²) in [5.41, 5.74) is -1.14. The van der Waals surface area contributed by atoms with E-state index in [1.54, 1.807) is 11.9 Å². The third kappa shape index (κ3) is 5.71. The highest BCUT2D eigenvalue weighted by Crippen LogP contribution is 2.46. The van der Waals surface area contributed by atoms with Crippen LogP contribution < -0.4 is 10.6 Å². The fourth-order valence-corrected chi connectivity index (χ4v) is 4.48. The van der Waals surface area contributed by atoms with Crippen molar-refractivity contribution in [2.24, 2.45) is 11.3 Å². The average Bonchev–Trinajstić information content (AvgIpc) is 3.06. The Morgan fingerprint density at radius 1 is 1.21 bits per heavy atom. The van der Waals surface area contributed by atoms with Crippen molar-refractivity contribution in [2.45, 2.75) is 97.7 Å². The van der Waals surface area contributed by atoms with E-state index in [-0.39, 0.29) is 30.2 Å². The third-order valence-corrected chi connectivity index (χ3v) is 6.61. The summed E-state index contributed by atoms with van der Waals surface area (Å²) in [6.07, 6.45) is 3.64. The van der Waals surface area contributed by atoms with Crippen LogP contribution in [-0.2, 0) is 14.4 Å². The maximum Gasteiger partial charge on any atom is 0.305 e. The highest BCUT2D eigenvalue weighted by molar-refractivity contribution is 5.91. The SMILES string of the molecule is CCC[C@H](NC)C(=O)N[C@H](C(=O)N1CCC[C@]1(CC(=O)O)C(C)(C)C)[C@@H](C)CC. The zero-order valence-corrected chi connectivity index (χ0v) is 19.3. The van der Waals surface area contributed by atoms with Crippen LogP contribution in [0.1, 0.15) is 80.1 Å². The molecule has 0 aromatic rings. The Balaban J connectivity index is 3.23. The van der Waals surface area contributed by atoms with E-state index in [2.05, 4.69) is 10.6 Å². The van der Waals surface area contributed by atoms with E-state index < -0.39 is 23.0 Å². The minimum Gasteiger partial charge on any atom is -0.481 e. The van der Waals surface area contributed by atoms with Gasteiger partial charge in [-0.1, -0.05) is 54.4 Å². The van der Waals surface area contributed by atoms with Gasteiger partial charge in [0, 0.05) is 6.54 Å². The van der Waals surface area contributed by atoms with E-state index in [0.717, 1.165) is 19.3 Å². The van der Waals surface area contributed by atoms with Crippen molar-refractivity contribution in [1.29, 1.82) is 0 Å². The quantitative estimate of drug-likeness (QED) is 0.513. The van der Waals surface area contributed by atoms with Crippen LogP contribution in [0.25, 0.3) is 0 Å². The fraction of sp³-hybridized carbons (Fsp3) is 0.864. The average molecular weight is 412 g/mol. The number of likely N-dealkylation sites (tertiary alicyclic amines) is 1. The first-order valence-corrected chi connectivity index (χ1v) is 11.0. The predicted molar refractivity (Wildman–Crippen MR) is 115 cm³/mol. The van der Waals surface area contributed by atoms with Crippen LogP contribution in [0.2, 0.25) is 0 Å². The molecular weight excluding hydrogens is 370 g/mol. The van der Waals surface area contributed by atoms with Gasteiger partial charge in [0.05, 0.1) is 18.0 Å². The van der Waals surface area contributed by atoms with Crippen molar-refractivity contribution in [2.75, 3.05) is 13.6 Å². The Labute approximate surface area is 176 Å². The fourth-order valence-electron chi connectivity index (χ4n) is 4.48. The van der Waals surface area contributed by atoms with Crippen molar-refractivity contribution in [3.05, 3.63) is 0 Å². The van der Waals surface area contributed by atoms with Crippen molar-refractivity contribution >= 4 is 17.8 Å². The summed E-state index contributed by atoms with van der Waals surface area (Å²) in [5, 5.41) is 15.6. The molecule has 29 heavy (non-hydrogen) atoms. The molecule has 3 N–H and O–H groups in total. The summed E-state index contributed by atoms with van der Waals surface area (Å²) in [4.78, 5) is 40.0. The third-order valence-electron chi connectivity index (χ3n) is 6.61. The van der Waals surface area contributed by atoms with Crippen molar-refractivity contribution < 1.29 is 19.5 Å². The van der Waals surface area contributed by atoms with Gasteiger partial charge in [-0.2, -0.15) is 0 Å². The second-order valence-corrected chi connectivity index (χ2v) is 9.45. The first-order valence-electron chi connectivity index (χ1n) is 11.0. The molecule has 1 aliphatic heterocycles. The van der Waals surface area contributed by atoms with Crippen LogP contribution in [0, 0.1) is 11.3 Å². The number of carbonyl (C=O) groups excluding carboxylic acids is 2.